The van der Waals surface area contributed by atoms with Crippen LogP contribution in [0.5, 0.6) is 0 Å². The third-order valence-electron chi connectivity index (χ3n) is 4.55. The van der Waals surface area contributed by atoms with E-state index in [9.17, 15) is 5.11 Å². The van der Waals surface area contributed by atoms with Gasteiger partial charge in [0.1, 0.15) is 0 Å². The number of rotatable bonds is 1. The highest BCUT2D eigenvalue weighted by atomic mass is 16.5. The summed E-state index contributed by atoms with van der Waals surface area (Å²) in [5, 5.41) is 11.0. The van der Waals surface area contributed by atoms with Crippen LogP contribution in [0.3, 0.4) is 0 Å². The molecule has 2 aliphatic rings. The van der Waals surface area contributed by atoms with Crippen LogP contribution in [-0.2, 0) is 9.47 Å². The molecule has 100 valence electrons. The second-order valence-electron chi connectivity index (χ2n) is 6.94. The zero-order valence-electron chi connectivity index (χ0n) is 11.7. The molecule has 3 nitrogen and oxygen atoms in total. The fourth-order valence-corrected chi connectivity index (χ4v) is 3.75. The Morgan fingerprint density at radius 1 is 1.18 bits per heavy atom. The standard InChI is InChI=1S/C14H26O3/c1-10-9-16-7-6-14(10,15)11-8-12(2,3)17-13(11,4)5/h10-11,15H,6-9H2,1-5H3. The normalized spacial score (nSPS) is 44.8. The summed E-state index contributed by atoms with van der Waals surface area (Å²) in [7, 11) is 0. The van der Waals surface area contributed by atoms with Gasteiger partial charge in [-0.25, -0.2) is 0 Å². The van der Waals surface area contributed by atoms with E-state index in [1.165, 1.54) is 0 Å². The van der Waals surface area contributed by atoms with E-state index >= 15 is 0 Å². The van der Waals surface area contributed by atoms with Gasteiger partial charge in [-0.15, -0.1) is 0 Å². The summed E-state index contributed by atoms with van der Waals surface area (Å²) in [6.45, 7) is 11.8. The quantitative estimate of drug-likeness (QED) is 0.767. The average Bonchev–Trinajstić information content (AvgIpc) is 2.40. The van der Waals surface area contributed by atoms with E-state index in [2.05, 4.69) is 34.6 Å². The molecule has 3 heteroatoms. The fraction of sp³-hybridized carbons (Fsp3) is 1.00. The Labute approximate surface area is 104 Å². The summed E-state index contributed by atoms with van der Waals surface area (Å²) >= 11 is 0. The molecule has 2 aliphatic heterocycles. The molecule has 0 aromatic rings. The van der Waals surface area contributed by atoms with Gasteiger partial charge in [-0.2, -0.15) is 0 Å². The Bertz CT molecular complexity index is 298. The lowest BCUT2D eigenvalue weighted by molar-refractivity contribution is -0.170. The highest BCUT2D eigenvalue weighted by molar-refractivity contribution is 5.06. The minimum absolute atomic E-state index is 0.137. The molecular weight excluding hydrogens is 216 g/mol. The molecule has 0 bridgehead atoms. The zero-order chi connectivity index (χ0) is 12.9. The lowest BCUT2D eigenvalue weighted by Gasteiger charge is -2.46. The second-order valence-corrected chi connectivity index (χ2v) is 6.94. The predicted molar refractivity (Wildman–Crippen MR) is 66.9 cm³/mol. The number of hydrogen-bond acceptors (Lipinski definition) is 3. The van der Waals surface area contributed by atoms with Crippen molar-refractivity contribution in [2.75, 3.05) is 13.2 Å². The minimum Gasteiger partial charge on any atom is -0.389 e. The Morgan fingerprint density at radius 2 is 1.82 bits per heavy atom. The molecule has 0 amide bonds. The van der Waals surface area contributed by atoms with Gasteiger partial charge < -0.3 is 14.6 Å². The first-order chi connectivity index (χ1) is 7.67. The van der Waals surface area contributed by atoms with Crippen molar-refractivity contribution < 1.29 is 14.6 Å². The first kappa shape index (κ1) is 13.3. The van der Waals surface area contributed by atoms with E-state index in [-0.39, 0.29) is 23.0 Å². The van der Waals surface area contributed by atoms with Crippen LogP contribution in [0.2, 0.25) is 0 Å². The molecule has 2 heterocycles. The van der Waals surface area contributed by atoms with Gasteiger partial charge in [0.05, 0.1) is 23.4 Å². The van der Waals surface area contributed by atoms with Gasteiger partial charge in [-0.3, -0.25) is 0 Å². The van der Waals surface area contributed by atoms with Gasteiger partial charge in [0, 0.05) is 24.9 Å². The summed E-state index contributed by atoms with van der Waals surface area (Å²) in [4.78, 5) is 0. The van der Waals surface area contributed by atoms with Crippen LogP contribution in [-0.4, -0.2) is 35.1 Å². The van der Waals surface area contributed by atoms with Crippen molar-refractivity contribution in [3.63, 3.8) is 0 Å². The Hall–Kier alpha value is -0.120. The maximum atomic E-state index is 11.0. The van der Waals surface area contributed by atoms with Crippen LogP contribution in [0, 0.1) is 11.8 Å². The van der Waals surface area contributed by atoms with Crippen LogP contribution >= 0.6 is 0 Å². The lowest BCUT2D eigenvalue weighted by atomic mass is 9.67. The molecule has 0 radical (unpaired) electrons. The highest BCUT2D eigenvalue weighted by Crippen LogP contribution is 2.51. The molecule has 0 spiro atoms. The molecule has 17 heavy (non-hydrogen) atoms. The summed E-state index contributed by atoms with van der Waals surface area (Å²) in [6, 6.07) is 0. The van der Waals surface area contributed by atoms with E-state index in [0.29, 0.717) is 13.2 Å². The Kier molecular flexibility index (Phi) is 3.08. The average molecular weight is 242 g/mol. The Morgan fingerprint density at radius 3 is 2.29 bits per heavy atom. The van der Waals surface area contributed by atoms with Crippen LogP contribution in [0.15, 0.2) is 0 Å². The van der Waals surface area contributed by atoms with Crippen molar-refractivity contribution in [1.29, 1.82) is 0 Å². The first-order valence-corrected chi connectivity index (χ1v) is 6.68. The summed E-state index contributed by atoms with van der Waals surface area (Å²) in [5.41, 5.74) is -1.04. The molecule has 2 fully saturated rings. The third kappa shape index (κ3) is 2.25. The molecular formula is C14H26O3. The first-order valence-electron chi connectivity index (χ1n) is 6.68. The monoisotopic (exact) mass is 242 g/mol. The Balaban J connectivity index is 2.26. The van der Waals surface area contributed by atoms with Gasteiger partial charge in [0.15, 0.2) is 0 Å². The minimum atomic E-state index is -0.643. The van der Waals surface area contributed by atoms with E-state index in [4.69, 9.17) is 9.47 Å². The van der Waals surface area contributed by atoms with Gasteiger partial charge in [0.2, 0.25) is 0 Å². The topological polar surface area (TPSA) is 38.7 Å². The maximum Gasteiger partial charge on any atom is 0.0773 e. The summed E-state index contributed by atoms with van der Waals surface area (Å²) in [6.07, 6.45) is 1.64. The van der Waals surface area contributed by atoms with Crippen LogP contribution in [0.4, 0.5) is 0 Å². The van der Waals surface area contributed by atoms with E-state index in [1.54, 1.807) is 0 Å². The van der Waals surface area contributed by atoms with Gasteiger partial charge in [-0.1, -0.05) is 6.92 Å². The van der Waals surface area contributed by atoms with Gasteiger partial charge in [-0.05, 0) is 34.1 Å². The molecule has 0 saturated carbocycles. The maximum absolute atomic E-state index is 11.0. The zero-order valence-corrected chi connectivity index (χ0v) is 11.7. The molecule has 0 aromatic carbocycles. The second kappa shape index (κ2) is 3.94. The van der Waals surface area contributed by atoms with Crippen molar-refractivity contribution in [3.05, 3.63) is 0 Å². The van der Waals surface area contributed by atoms with Gasteiger partial charge >= 0.3 is 0 Å². The van der Waals surface area contributed by atoms with E-state index < -0.39 is 5.60 Å². The van der Waals surface area contributed by atoms with E-state index in [1.807, 2.05) is 0 Å². The predicted octanol–water partition coefficient (Wildman–Crippen LogP) is 2.37. The molecule has 1 N–H and O–H groups in total. The van der Waals surface area contributed by atoms with Crippen molar-refractivity contribution in [1.82, 2.24) is 0 Å². The molecule has 0 aliphatic carbocycles. The number of aliphatic hydroxyl groups is 1. The third-order valence-corrected chi connectivity index (χ3v) is 4.55. The summed E-state index contributed by atoms with van der Waals surface area (Å²) < 4.78 is 11.6. The van der Waals surface area contributed by atoms with Crippen molar-refractivity contribution in [2.24, 2.45) is 11.8 Å². The number of hydrogen-bond donors (Lipinski definition) is 1. The fourth-order valence-electron chi connectivity index (χ4n) is 3.75. The molecule has 2 rings (SSSR count). The molecule has 0 aromatic heterocycles. The van der Waals surface area contributed by atoms with Gasteiger partial charge in [0.25, 0.3) is 0 Å². The molecule has 3 atom stereocenters. The highest BCUT2D eigenvalue weighted by Gasteiger charge is 2.57. The lowest BCUT2D eigenvalue weighted by Crippen LogP contribution is -2.54. The molecule has 2 saturated heterocycles. The summed E-state index contributed by atoms with van der Waals surface area (Å²) in [5.74, 6) is 0.363. The van der Waals surface area contributed by atoms with Crippen molar-refractivity contribution in [2.45, 2.75) is 64.3 Å². The smallest absolute Gasteiger partial charge is 0.0773 e. The number of ether oxygens (including phenoxy) is 2. The largest absolute Gasteiger partial charge is 0.389 e. The van der Waals surface area contributed by atoms with E-state index in [0.717, 1.165) is 12.8 Å². The van der Waals surface area contributed by atoms with Crippen molar-refractivity contribution >= 4 is 0 Å². The van der Waals surface area contributed by atoms with Crippen LogP contribution in [0.25, 0.3) is 0 Å². The SMILES string of the molecule is CC1COCCC1(O)C1CC(C)(C)OC1(C)C. The molecule has 3 unspecified atom stereocenters. The van der Waals surface area contributed by atoms with Crippen molar-refractivity contribution in [3.8, 4) is 0 Å². The van der Waals surface area contributed by atoms with Crippen LogP contribution in [0.1, 0.15) is 47.5 Å². The van der Waals surface area contributed by atoms with Crippen LogP contribution < -0.4 is 0 Å².